The summed E-state index contributed by atoms with van der Waals surface area (Å²) in [6, 6.07) is 5.00. The van der Waals surface area contributed by atoms with Crippen LogP contribution in [0.25, 0.3) is 0 Å². The van der Waals surface area contributed by atoms with Crippen LogP contribution >= 0.6 is 0 Å². The van der Waals surface area contributed by atoms with Gasteiger partial charge < -0.3 is 9.40 Å². The van der Waals surface area contributed by atoms with Crippen LogP contribution in [0.15, 0.2) is 35.1 Å². The van der Waals surface area contributed by atoms with Gasteiger partial charge in [0.2, 0.25) is 0 Å². The van der Waals surface area contributed by atoms with E-state index in [9.17, 15) is 9.59 Å². The van der Waals surface area contributed by atoms with Gasteiger partial charge in [0.05, 0.1) is 18.4 Å². The number of aromatic nitrogens is 1. The minimum atomic E-state index is -0.0747. The van der Waals surface area contributed by atoms with Crippen LogP contribution in [0.3, 0.4) is 0 Å². The Kier molecular flexibility index (Phi) is 2.49. The van der Waals surface area contributed by atoms with Crippen molar-refractivity contribution in [3.05, 3.63) is 47.7 Å². The number of aldehydes is 1. The molecular weight excluding hydrogens is 194 g/mol. The third-order valence-corrected chi connectivity index (χ3v) is 2.07. The summed E-state index contributed by atoms with van der Waals surface area (Å²) in [6.45, 7) is 0. The van der Waals surface area contributed by atoms with Crippen molar-refractivity contribution < 1.29 is 14.0 Å². The maximum atomic E-state index is 11.6. The summed E-state index contributed by atoms with van der Waals surface area (Å²) in [5.41, 5.74) is 0.895. The summed E-state index contributed by atoms with van der Waals surface area (Å²) in [4.78, 5) is 24.7. The van der Waals surface area contributed by atoms with Crippen molar-refractivity contribution in [2.45, 2.75) is 6.42 Å². The topological polar surface area (TPSA) is 63.1 Å². The molecule has 15 heavy (non-hydrogen) atoms. The predicted octanol–water partition coefficient (Wildman–Crippen LogP) is 1.85. The van der Waals surface area contributed by atoms with Crippen LogP contribution in [0, 0.1) is 0 Å². The quantitative estimate of drug-likeness (QED) is 0.609. The fraction of sp³-hybridized carbons (Fsp3) is 0.0909. The number of furan rings is 1. The number of carbonyl (C=O) groups excluding carboxylic acids is 2. The van der Waals surface area contributed by atoms with E-state index in [0.29, 0.717) is 23.3 Å². The number of nitrogens with one attached hydrogen (secondary N) is 1. The molecule has 2 aromatic heterocycles. The van der Waals surface area contributed by atoms with E-state index in [2.05, 4.69) is 4.98 Å². The number of H-pyrrole nitrogens is 1. The SMILES string of the molecule is O=Cc1cc(C(=O)Cc2ccco2)c[nH]1. The molecule has 0 fully saturated rings. The molecule has 0 aliphatic carbocycles. The standard InChI is InChI=1S/C11H9NO3/c13-7-9-4-8(6-12-9)11(14)5-10-2-1-3-15-10/h1-4,6-7,12H,5H2. The van der Waals surface area contributed by atoms with Gasteiger partial charge in [-0.1, -0.05) is 0 Å². The minimum Gasteiger partial charge on any atom is -0.469 e. The van der Waals surface area contributed by atoms with E-state index >= 15 is 0 Å². The molecule has 0 amide bonds. The lowest BCUT2D eigenvalue weighted by Crippen LogP contribution is -2.00. The molecule has 0 bridgehead atoms. The van der Waals surface area contributed by atoms with Gasteiger partial charge in [-0.2, -0.15) is 0 Å². The molecule has 0 atom stereocenters. The summed E-state index contributed by atoms with van der Waals surface area (Å²) in [7, 11) is 0. The molecule has 1 N–H and O–H groups in total. The first-order valence-electron chi connectivity index (χ1n) is 4.49. The molecule has 2 aromatic rings. The zero-order valence-corrected chi connectivity index (χ0v) is 7.90. The number of aromatic amines is 1. The molecule has 2 heterocycles. The highest BCUT2D eigenvalue weighted by atomic mass is 16.3. The van der Waals surface area contributed by atoms with E-state index in [-0.39, 0.29) is 12.2 Å². The number of rotatable bonds is 4. The largest absolute Gasteiger partial charge is 0.469 e. The van der Waals surface area contributed by atoms with Gasteiger partial charge in [-0.25, -0.2) is 0 Å². The number of carbonyl (C=O) groups is 2. The Balaban J connectivity index is 2.11. The smallest absolute Gasteiger partial charge is 0.171 e. The zero-order valence-electron chi connectivity index (χ0n) is 7.90. The fourth-order valence-corrected chi connectivity index (χ4v) is 1.31. The maximum Gasteiger partial charge on any atom is 0.171 e. The highest BCUT2D eigenvalue weighted by Gasteiger charge is 2.10. The van der Waals surface area contributed by atoms with Crippen LogP contribution in [0.4, 0.5) is 0 Å². The number of hydrogen-bond acceptors (Lipinski definition) is 3. The van der Waals surface area contributed by atoms with Crippen LogP contribution in [0.1, 0.15) is 26.6 Å². The van der Waals surface area contributed by atoms with Crippen LogP contribution in [-0.2, 0) is 6.42 Å². The van der Waals surface area contributed by atoms with Crippen molar-refractivity contribution in [1.29, 1.82) is 0 Å². The second-order valence-electron chi connectivity index (χ2n) is 3.14. The molecule has 0 aliphatic rings. The lowest BCUT2D eigenvalue weighted by atomic mass is 10.1. The van der Waals surface area contributed by atoms with Gasteiger partial charge in [-0.3, -0.25) is 9.59 Å². The van der Waals surface area contributed by atoms with Crippen LogP contribution in [0.2, 0.25) is 0 Å². The highest BCUT2D eigenvalue weighted by molar-refractivity contribution is 5.98. The Morgan fingerprint density at radius 3 is 3.00 bits per heavy atom. The van der Waals surface area contributed by atoms with Crippen LogP contribution in [-0.4, -0.2) is 17.1 Å². The summed E-state index contributed by atoms with van der Waals surface area (Å²) in [5, 5.41) is 0. The van der Waals surface area contributed by atoms with E-state index < -0.39 is 0 Å². The predicted molar refractivity (Wildman–Crippen MR) is 52.9 cm³/mol. The number of hydrogen-bond donors (Lipinski definition) is 1. The van der Waals surface area contributed by atoms with Gasteiger partial charge in [0, 0.05) is 11.8 Å². The van der Waals surface area contributed by atoms with Gasteiger partial charge in [0.15, 0.2) is 12.1 Å². The van der Waals surface area contributed by atoms with Gasteiger partial charge in [-0.05, 0) is 18.2 Å². The molecule has 2 rings (SSSR count). The molecule has 0 saturated carbocycles. The summed E-state index contributed by atoms with van der Waals surface area (Å²) in [5.74, 6) is 0.545. The Morgan fingerprint density at radius 1 is 1.53 bits per heavy atom. The highest BCUT2D eigenvalue weighted by Crippen LogP contribution is 2.08. The van der Waals surface area contributed by atoms with E-state index in [4.69, 9.17) is 4.42 Å². The van der Waals surface area contributed by atoms with E-state index in [1.807, 2.05) is 0 Å². The first-order valence-corrected chi connectivity index (χ1v) is 4.49. The number of ketones is 1. The molecule has 0 aromatic carbocycles. The van der Waals surface area contributed by atoms with Crippen LogP contribution in [0.5, 0.6) is 0 Å². The first kappa shape index (κ1) is 9.45. The Labute approximate surface area is 85.9 Å². The lowest BCUT2D eigenvalue weighted by molar-refractivity contribution is 0.0987. The van der Waals surface area contributed by atoms with E-state index in [0.717, 1.165) is 0 Å². The van der Waals surface area contributed by atoms with Crippen molar-refractivity contribution in [2.24, 2.45) is 0 Å². The van der Waals surface area contributed by atoms with Crippen molar-refractivity contribution in [3.8, 4) is 0 Å². The first-order chi connectivity index (χ1) is 7.29. The van der Waals surface area contributed by atoms with E-state index in [1.54, 1.807) is 12.1 Å². The average Bonchev–Trinajstić information content (AvgIpc) is 2.86. The van der Waals surface area contributed by atoms with Gasteiger partial charge in [0.1, 0.15) is 5.76 Å². The van der Waals surface area contributed by atoms with Crippen molar-refractivity contribution in [3.63, 3.8) is 0 Å². The summed E-state index contributed by atoms with van der Waals surface area (Å²) in [6.07, 6.45) is 3.93. The fourth-order valence-electron chi connectivity index (χ4n) is 1.31. The molecule has 0 unspecified atom stereocenters. The monoisotopic (exact) mass is 203 g/mol. The Morgan fingerprint density at radius 2 is 2.40 bits per heavy atom. The average molecular weight is 203 g/mol. The molecule has 4 heteroatoms. The minimum absolute atomic E-state index is 0.0747. The summed E-state index contributed by atoms with van der Waals surface area (Å²) >= 11 is 0. The van der Waals surface area contributed by atoms with Crippen molar-refractivity contribution in [1.82, 2.24) is 4.98 Å². The van der Waals surface area contributed by atoms with Crippen molar-refractivity contribution >= 4 is 12.1 Å². The lowest BCUT2D eigenvalue weighted by Gasteiger charge is -1.93. The van der Waals surface area contributed by atoms with Crippen molar-refractivity contribution in [2.75, 3.05) is 0 Å². The maximum absolute atomic E-state index is 11.6. The molecule has 0 spiro atoms. The zero-order chi connectivity index (χ0) is 10.7. The molecule has 76 valence electrons. The molecule has 0 radical (unpaired) electrons. The normalized spacial score (nSPS) is 10.1. The molecular formula is C11H9NO3. The van der Waals surface area contributed by atoms with Gasteiger partial charge >= 0.3 is 0 Å². The third kappa shape index (κ3) is 2.04. The van der Waals surface area contributed by atoms with Gasteiger partial charge in [0.25, 0.3) is 0 Å². The third-order valence-electron chi connectivity index (χ3n) is 2.07. The Hall–Kier alpha value is -2.10. The second-order valence-corrected chi connectivity index (χ2v) is 3.14. The number of Topliss-reactive ketones (excluding diaryl/α,β-unsaturated/α-hetero) is 1. The van der Waals surface area contributed by atoms with Crippen LogP contribution < -0.4 is 0 Å². The summed E-state index contributed by atoms with van der Waals surface area (Å²) < 4.78 is 5.06. The Bertz CT molecular complexity index is 468. The second kappa shape index (κ2) is 3.96. The molecule has 0 saturated heterocycles. The van der Waals surface area contributed by atoms with E-state index in [1.165, 1.54) is 18.5 Å². The van der Waals surface area contributed by atoms with Gasteiger partial charge in [-0.15, -0.1) is 0 Å². The molecule has 4 nitrogen and oxygen atoms in total. The molecule has 0 aliphatic heterocycles.